The Morgan fingerprint density at radius 3 is 3.00 bits per heavy atom. The van der Waals surface area contributed by atoms with Gasteiger partial charge in [0.25, 0.3) is 0 Å². The van der Waals surface area contributed by atoms with Crippen LogP contribution >= 0.6 is 22.9 Å². The van der Waals surface area contributed by atoms with Crippen molar-refractivity contribution >= 4 is 22.9 Å². The monoisotopic (exact) mass is 234 g/mol. The van der Waals surface area contributed by atoms with Gasteiger partial charge in [0.1, 0.15) is 5.01 Å². The average Bonchev–Trinajstić information content (AvgIpc) is 2.59. The minimum atomic E-state index is 0.200. The highest BCUT2D eigenvalue weighted by Crippen LogP contribution is 2.08. The highest BCUT2D eigenvalue weighted by atomic mass is 35.5. The topological polar surface area (TPSA) is 34.1 Å². The average molecular weight is 235 g/mol. The molecule has 0 saturated carbocycles. The van der Waals surface area contributed by atoms with E-state index in [9.17, 15) is 0 Å². The lowest BCUT2D eigenvalue weighted by Gasteiger charge is -2.13. The first-order valence-electron chi connectivity index (χ1n) is 4.45. The number of rotatable bonds is 6. The molecule has 0 spiro atoms. The Morgan fingerprint density at radius 2 is 2.50 bits per heavy atom. The van der Waals surface area contributed by atoms with E-state index in [0.29, 0.717) is 12.5 Å². The number of ether oxygens (including phenoxy) is 1. The molecule has 14 heavy (non-hydrogen) atoms. The molecule has 0 bridgehead atoms. The van der Waals surface area contributed by atoms with Gasteiger partial charge in [-0.3, -0.25) is 0 Å². The van der Waals surface area contributed by atoms with Crippen LogP contribution in [0, 0.1) is 6.92 Å². The molecule has 0 aliphatic heterocycles. The Labute approximate surface area is 93.4 Å². The van der Waals surface area contributed by atoms with Crippen LogP contribution in [0.1, 0.15) is 10.7 Å². The van der Waals surface area contributed by atoms with Crippen molar-refractivity contribution in [3.8, 4) is 0 Å². The molecule has 0 amide bonds. The van der Waals surface area contributed by atoms with Gasteiger partial charge < -0.3 is 10.1 Å². The van der Waals surface area contributed by atoms with Crippen LogP contribution in [0.3, 0.4) is 0 Å². The van der Waals surface area contributed by atoms with Crippen molar-refractivity contribution in [1.82, 2.24) is 10.3 Å². The molecular weight excluding hydrogens is 220 g/mol. The molecule has 0 aliphatic rings. The second kappa shape index (κ2) is 6.35. The van der Waals surface area contributed by atoms with Crippen LogP contribution in [0.15, 0.2) is 5.38 Å². The van der Waals surface area contributed by atoms with Gasteiger partial charge in [0.15, 0.2) is 0 Å². The molecule has 1 rings (SSSR count). The van der Waals surface area contributed by atoms with Crippen molar-refractivity contribution in [2.24, 2.45) is 0 Å². The quantitative estimate of drug-likeness (QED) is 0.763. The minimum absolute atomic E-state index is 0.200. The molecule has 80 valence electrons. The molecule has 0 aliphatic carbocycles. The normalized spacial score (nSPS) is 13.1. The Kier molecular flexibility index (Phi) is 5.40. The molecule has 3 nitrogen and oxygen atoms in total. The summed E-state index contributed by atoms with van der Waals surface area (Å²) in [6.07, 6.45) is 0. The van der Waals surface area contributed by atoms with Crippen molar-refractivity contribution in [3.63, 3.8) is 0 Å². The summed E-state index contributed by atoms with van der Waals surface area (Å²) < 4.78 is 5.02. The predicted octanol–water partition coefficient (Wildman–Crippen LogP) is 1.79. The van der Waals surface area contributed by atoms with E-state index >= 15 is 0 Å². The zero-order valence-electron chi connectivity index (χ0n) is 8.42. The van der Waals surface area contributed by atoms with Crippen LogP contribution in [0.2, 0.25) is 0 Å². The van der Waals surface area contributed by atoms with Gasteiger partial charge in [-0.15, -0.1) is 22.9 Å². The standard InChI is InChI=1S/C9H15ClN2OS/c1-7-6-14-9(12-7)4-11-8(3-10)5-13-2/h6,8,11H,3-5H2,1-2H3. The van der Waals surface area contributed by atoms with Crippen LogP contribution in [0.5, 0.6) is 0 Å². The minimum Gasteiger partial charge on any atom is -0.383 e. The number of methoxy groups -OCH3 is 1. The number of thiazole rings is 1. The summed E-state index contributed by atoms with van der Waals surface area (Å²) in [6, 6.07) is 0.200. The molecule has 1 N–H and O–H groups in total. The van der Waals surface area contributed by atoms with Crippen LogP contribution in [-0.4, -0.2) is 30.6 Å². The summed E-state index contributed by atoms with van der Waals surface area (Å²) in [5.74, 6) is 0.554. The van der Waals surface area contributed by atoms with E-state index in [0.717, 1.165) is 17.2 Å². The number of aryl methyl sites for hydroxylation is 1. The second-order valence-electron chi connectivity index (χ2n) is 3.07. The van der Waals surface area contributed by atoms with E-state index in [1.165, 1.54) is 0 Å². The van der Waals surface area contributed by atoms with Gasteiger partial charge in [-0.2, -0.15) is 0 Å². The summed E-state index contributed by atoms with van der Waals surface area (Å²) in [5, 5.41) is 6.43. The van der Waals surface area contributed by atoms with Gasteiger partial charge in [-0.25, -0.2) is 4.98 Å². The van der Waals surface area contributed by atoms with Crippen LogP contribution in [0.4, 0.5) is 0 Å². The number of nitrogens with zero attached hydrogens (tertiary/aromatic N) is 1. The fourth-order valence-electron chi connectivity index (χ4n) is 1.07. The summed E-state index contributed by atoms with van der Waals surface area (Å²) in [7, 11) is 1.68. The number of aromatic nitrogens is 1. The zero-order chi connectivity index (χ0) is 10.4. The van der Waals surface area contributed by atoms with E-state index in [1.807, 2.05) is 12.3 Å². The molecule has 1 aromatic heterocycles. The maximum absolute atomic E-state index is 5.76. The van der Waals surface area contributed by atoms with Gasteiger partial charge in [0.05, 0.1) is 6.61 Å². The molecule has 5 heteroatoms. The Bertz CT molecular complexity index is 267. The van der Waals surface area contributed by atoms with Crippen molar-refractivity contribution < 1.29 is 4.74 Å². The van der Waals surface area contributed by atoms with Crippen molar-refractivity contribution in [2.75, 3.05) is 19.6 Å². The molecule has 1 heterocycles. The highest BCUT2D eigenvalue weighted by Gasteiger charge is 2.06. The van der Waals surface area contributed by atoms with Gasteiger partial charge in [-0.1, -0.05) is 0 Å². The summed E-state index contributed by atoms with van der Waals surface area (Å²) in [5.41, 5.74) is 1.07. The molecule has 1 atom stereocenters. The first-order valence-corrected chi connectivity index (χ1v) is 5.87. The summed E-state index contributed by atoms with van der Waals surface area (Å²) in [4.78, 5) is 4.35. The van der Waals surface area contributed by atoms with Gasteiger partial charge in [0, 0.05) is 36.7 Å². The van der Waals surface area contributed by atoms with E-state index in [2.05, 4.69) is 10.3 Å². The van der Waals surface area contributed by atoms with Crippen molar-refractivity contribution in [3.05, 3.63) is 16.1 Å². The lowest BCUT2D eigenvalue weighted by atomic mass is 10.3. The lowest BCUT2D eigenvalue weighted by molar-refractivity contribution is 0.172. The van der Waals surface area contributed by atoms with E-state index in [4.69, 9.17) is 16.3 Å². The SMILES string of the molecule is COCC(CCl)NCc1nc(C)cs1. The molecular formula is C9H15ClN2OS. The van der Waals surface area contributed by atoms with Crippen LogP contribution in [-0.2, 0) is 11.3 Å². The largest absolute Gasteiger partial charge is 0.383 e. The molecule has 1 aromatic rings. The maximum Gasteiger partial charge on any atom is 0.107 e. The molecule has 0 radical (unpaired) electrons. The number of hydrogen-bond acceptors (Lipinski definition) is 4. The lowest BCUT2D eigenvalue weighted by Crippen LogP contribution is -2.34. The van der Waals surface area contributed by atoms with Crippen LogP contribution < -0.4 is 5.32 Å². The molecule has 1 unspecified atom stereocenters. The third-order valence-electron chi connectivity index (χ3n) is 1.76. The van der Waals surface area contributed by atoms with E-state index < -0.39 is 0 Å². The number of halogens is 1. The first kappa shape index (κ1) is 11.9. The van der Waals surface area contributed by atoms with E-state index in [1.54, 1.807) is 18.4 Å². The molecule has 0 fully saturated rings. The van der Waals surface area contributed by atoms with Crippen LogP contribution in [0.25, 0.3) is 0 Å². The molecule has 0 aromatic carbocycles. The third kappa shape index (κ3) is 3.92. The van der Waals surface area contributed by atoms with E-state index in [-0.39, 0.29) is 6.04 Å². The highest BCUT2D eigenvalue weighted by molar-refractivity contribution is 7.09. The number of alkyl halides is 1. The molecule has 0 saturated heterocycles. The predicted molar refractivity (Wildman–Crippen MR) is 60.1 cm³/mol. The zero-order valence-corrected chi connectivity index (χ0v) is 9.99. The van der Waals surface area contributed by atoms with Gasteiger partial charge >= 0.3 is 0 Å². The third-order valence-corrected chi connectivity index (χ3v) is 3.10. The fraction of sp³-hybridized carbons (Fsp3) is 0.667. The fourth-order valence-corrected chi connectivity index (χ4v) is 2.00. The maximum atomic E-state index is 5.76. The number of hydrogen-bond donors (Lipinski definition) is 1. The van der Waals surface area contributed by atoms with Gasteiger partial charge in [-0.05, 0) is 6.92 Å². The Morgan fingerprint density at radius 1 is 1.71 bits per heavy atom. The summed E-state index contributed by atoms with van der Waals surface area (Å²) >= 11 is 7.42. The Hall–Kier alpha value is -0.160. The smallest absolute Gasteiger partial charge is 0.107 e. The van der Waals surface area contributed by atoms with Crippen molar-refractivity contribution in [1.29, 1.82) is 0 Å². The second-order valence-corrected chi connectivity index (χ2v) is 4.32. The van der Waals surface area contributed by atoms with Crippen molar-refractivity contribution in [2.45, 2.75) is 19.5 Å². The number of nitrogens with one attached hydrogen (secondary N) is 1. The first-order chi connectivity index (χ1) is 6.76. The summed E-state index contributed by atoms with van der Waals surface area (Å²) in [6.45, 7) is 3.39. The Balaban J connectivity index is 2.31. The van der Waals surface area contributed by atoms with Gasteiger partial charge in [0.2, 0.25) is 0 Å².